The molecule has 0 saturated heterocycles. The molecule has 0 spiro atoms. The summed E-state index contributed by atoms with van der Waals surface area (Å²) in [4.78, 5) is 2.14. The van der Waals surface area contributed by atoms with Gasteiger partial charge in [-0.05, 0) is 37.1 Å². The van der Waals surface area contributed by atoms with Crippen LogP contribution in [0.4, 0.5) is 10.1 Å². The molecule has 2 aromatic carbocycles. The smallest absolute Gasteiger partial charge is 0.125 e. The second-order valence-corrected chi connectivity index (χ2v) is 4.87. The third kappa shape index (κ3) is 3.81. The zero-order chi connectivity index (χ0) is 14.4. The number of nitrogens with zero attached hydrogens (tertiary/aromatic N) is 1. The lowest BCUT2D eigenvalue weighted by Crippen LogP contribution is -2.27. The standard InChI is InChI=1S/C17H21FN2/c1-2-20(16-10-6-9-15(18)13-16)12-11-17(19)14-7-4-3-5-8-14/h3-10,13,17H,2,11-12,19H2,1H3. The first-order valence-electron chi connectivity index (χ1n) is 7.01. The van der Waals surface area contributed by atoms with E-state index in [0.717, 1.165) is 30.8 Å². The fourth-order valence-electron chi connectivity index (χ4n) is 2.30. The molecule has 0 bridgehead atoms. The molecule has 0 aliphatic heterocycles. The van der Waals surface area contributed by atoms with Crippen LogP contribution in [0.1, 0.15) is 24.9 Å². The molecule has 2 aromatic rings. The van der Waals surface area contributed by atoms with Crippen molar-refractivity contribution in [3.8, 4) is 0 Å². The highest BCUT2D eigenvalue weighted by molar-refractivity contribution is 5.46. The minimum absolute atomic E-state index is 0.0128. The van der Waals surface area contributed by atoms with E-state index in [9.17, 15) is 4.39 Å². The van der Waals surface area contributed by atoms with Crippen molar-refractivity contribution < 1.29 is 4.39 Å². The van der Waals surface area contributed by atoms with Crippen molar-refractivity contribution in [1.29, 1.82) is 0 Å². The van der Waals surface area contributed by atoms with Crippen molar-refractivity contribution in [2.24, 2.45) is 5.73 Å². The Morgan fingerprint density at radius 3 is 2.50 bits per heavy atom. The maximum atomic E-state index is 13.3. The first-order valence-corrected chi connectivity index (χ1v) is 7.01. The van der Waals surface area contributed by atoms with Crippen molar-refractivity contribution in [2.75, 3.05) is 18.0 Å². The maximum absolute atomic E-state index is 13.3. The second kappa shape index (κ2) is 7.06. The third-order valence-corrected chi connectivity index (χ3v) is 3.49. The van der Waals surface area contributed by atoms with Crippen LogP contribution in [0.5, 0.6) is 0 Å². The first kappa shape index (κ1) is 14.5. The van der Waals surface area contributed by atoms with Gasteiger partial charge >= 0.3 is 0 Å². The lowest BCUT2D eigenvalue weighted by Gasteiger charge is -2.25. The van der Waals surface area contributed by atoms with Gasteiger partial charge in [-0.25, -0.2) is 4.39 Å². The number of hydrogen-bond donors (Lipinski definition) is 1. The monoisotopic (exact) mass is 272 g/mol. The Kier molecular flexibility index (Phi) is 5.13. The number of hydrogen-bond acceptors (Lipinski definition) is 2. The van der Waals surface area contributed by atoms with Crippen molar-refractivity contribution in [2.45, 2.75) is 19.4 Å². The molecule has 106 valence electrons. The molecule has 20 heavy (non-hydrogen) atoms. The highest BCUT2D eigenvalue weighted by atomic mass is 19.1. The van der Waals surface area contributed by atoms with Gasteiger partial charge in [-0.3, -0.25) is 0 Å². The Morgan fingerprint density at radius 2 is 1.85 bits per heavy atom. The molecule has 2 rings (SSSR count). The molecule has 0 heterocycles. The fourth-order valence-corrected chi connectivity index (χ4v) is 2.30. The van der Waals surface area contributed by atoms with E-state index >= 15 is 0 Å². The lowest BCUT2D eigenvalue weighted by atomic mass is 10.0. The molecule has 0 aliphatic carbocycles. The Labute approximate surface area is 120 Å². The van der Waals surface area contributed by atoms with Crippen molar-refractivity contribution in [3.05, 3.63) is 66.0 Å². The molecule has 0 radical (unpaired) electrons. The van der Waals surface area contributed by atoms with Crippen molar-refractivity contribution in [1.82, 2.24) is 0 Å². The van der Waals surface area contributed by atoms with E-state index in [1.54, 1.807) is 12.1 Å². The molecule has 1 atom stereocenters. The highest BCUT2D eigenvalue weighted by Crippen LogP contribution is 2.19. The van der Waals surface area contributed by atoms with Crippen LogP contribution >= 0.6 is 0 Å². The van der Waals surface area contributed by atoms with Crippen LogP contribution in [-0.4, -0.2) is 13.1 Å². The number of halogens is 1. The van der Waals surface area contributed by atoms with Crippen LogP contribution < -0.4 is 10.6 Å². The summed E-state index contributed by atoms with van der Waals surface area (Å²) in [6.07, 6.45) is 0.842. The molecule has 0 aliphatic rings. The molecule has 0 fully saturated rings. The van der Waals surface area contributed by atoms with Crippen LogP contribution in [0.2, 0.25) is 0 Å². The van der Waals surface area contributed by atoms with Crippen LogP contribution in [0, 0.1) is 5.82 Å². The first-order chi connectivity index (χ1) is 9.70. The number of anilines is 1. The zero-order valence-electron chi connectivity index (χ0n) is 11.8. The normalized spacial score (nSPS) is 12.2. The van der Waals surface area contributed by atoms with Crippen LogP contribution in [-0.2, 0) is 0 Å². The Morgan fingerprint density at radius 1 is 1.10 bits per heavy atom. The number of nitrogens with two attached hydrogens (primary N) is 1. The van der Waals surface area contributed by atoms with Crippen LogP contribution in [0.25, 0.3) is 0 Å². The van der Waals surface area contributed by atoms with E-state index in [1.165, 1.54) is 6.07 Å². The van der Waals surface area contributed by atoms with Crippen molar-refractivity contribution in [3.63, 3.8) is 0 Å². The minimum Gasteiger partial charge on any atom is -0.372 e. The van der Waals surface area contributed by atoms with Gasteiger partial charge in [0.05, 0.1) is 0 Å². The van der Waals surface area contributed by atoms with E-state index in [4.69, 9.17) is 5.73 Å². The Bertz CT molecular complexity index is 528. The van der Waals surface area contributed by atoms with Gasteiger partial charge in [0.15, 0.2) is 0 Å². The zero-order valence-corrected chi connectivity index (χ0v) is 11.8. The van der Waals surface area contributed by atoms with Gasteiger partial charge in [0.25, 0.3) is 0 Å². The molecule has 1 unspecified atom stereocenters. The topological polar surface area (TPSA) is 29.3 Å². The average molecular weight is 272 g/mol. The SMILES string of the molecule is CCN(CCC(N)c1ccccc1)c1cccc(F)c1. The molecule has 0 aromatic heterocycles. The Hall–Kier alpha value is -1.87. The molecule has 2 N–H and O–H groups in total. The third-order valence-electron chi connectivity index (χ3n) is 3.49. The van der Waals surface area contributed by atoms with Crippen LogP contribution in [0.15, 0.2) is 54.6 Å². The molecule has 0 saturated carbocycles. The summed E-state index contributed by atoms with van der Waals surface area (Å²) in [6, 6.07) is 16.8. The van der Waals surface area contributed by atoms with Gasteiger partial charge in [-0.15, -0.1) is 0 Å². The molecule has 2 nitrogen and oxygen atoms in total. The summed E-state index contributed by atoms with van der Waals surface area (Å²) in [5.74, 6) is -0.201. The lowest BCUT2D eigenvalue weighted by molar-refractivity contribution is 0.618. The summed E-state index contributed by atoms with van der Waals surface area (Å²) in [7, 11) is 0. The van der Waals surface area contributed by atoms with Gasteiger partial charge in [0.1, 0.15) is 5.82 Å². The summed E-state index contributed by atoms with van der Waals surface area (Å²) >= 11 is 0. The molecule has 3 heteroatoms. The Balaban J connectivity index is 1.97. The van der Waals surface area contributed by atoms with E-state index < -0.39 is 0 Å². The quantitative estimate of drug-likeness (QED) is 0.868. The van der Waals surface area contributed by atoms with Crippen molar-refractivity contribution >= 4 is 5.69 Å². The van der Waals surface area contributed by atoms with Crippen LogP contribution in [0.3, 0.4) is 0 Å². The summed E-state index contributed by atoms with van der Waals surface area (Å²) in [6.45, 7) is 3.72. The molecule has 0 amide bonds. The van der Waals surface area contributed by atoms with Gasteiger partial charge < -0.3 is 10.6 Å². The predicted octanol–water partition coefficient (Wildman–Crippen LogP) is 3.74. The van der Waals surface area contributed by atoms with E-state index in [-0.39, 0.29) is 11.9 Å². The largest absolute Gasteiger partial charge is 0.372 e. The highest BCUT2D eigenvalue weighted by Gasteiger charge is 2.09. The van der Waals surface area contributed by atoms with Gasteiger partial charge in [-0.2, -0.15) is 0 Å². The van der Waals surface area contributed by atoms with E-state index in [2.05, 4.69) is 11.8 Å². The maximum Gasteiger partial charge on any atom is 0.125 e. The molecular formula is C17H21FN2. The number of benzene rings is 2. The second-order valence-electron chi connectivity index (χ2n) is 4.87. The fraction of sp³-hybridized carbons (Fsp3) is 0.294. The predicted molar refractivity (Wildman–Crippen MR) is 82.3 cm³/mol. The van der Waals surface area contributed by atoms with Gasteiger partial charge in [-0.1, -0.05) is 36.4 Å². The number of rotatable bonds is 6. The minimum atomic E-state index is -0.201. The summed E-state index contributed by atoms with van der Waals surface area (Å²) in [5.41, 5.74) is 8.26. The van der Waals surface area contributed by atoms with Gasteiger partial charge in [0, 0.05) is 24.8 Å². The van der Waals surface area contributed by atoms with Gasteiger partial charge in [0.2, 0.25) is 0 Å². The molecular weight excluding hydrogens is 251 g/mol. The van der Waals surface area contributed by atoms with E-state index in [1.807, 2.05) is 36.4 Å². The summed E-state index contributed by atoms with van der Waals surface area (Å²) in [5, 5.41) is 0. The average Bonchev–Trinajstić information content (AvgIpc) is 2.48. The van der Waals surface area contributed by atoms with E-state index in [0.29, 0.717) is 0 Å². The summed E-state index contributed by atoms with van der Waals surface area (Å²) < 4.78 is 13.3.